The third-order valence-electron chi connectivity index (χ3n) is 2.40. The summed E-state index contributed by atoms with van der Waals surface area (Å²) in [6, 6.07) is 3.71. The molecule has 0 aliphatic rings. The second kappa shape index (κ2) is 4.78. The van der Waals surface area contributed by atoms with Crippen LogP contribution in [-0.4, -0.2) is 15.0 Å². The number of nitrogens with two attached hydrogens (primary N) is 1. The average molecular weight is 215 g/mol. The molecule has 1 unspecified atom stereocenters. The lowest BCUT2D eigenvalue weighted by atomic mass is 10.0. The Morgan fingerprint density at radius 3 is 2.69 bits per heavy atom. The van der Waals surface area contributed by atoms with Gasteiger partial charge in [-0.3, -0.25) is 10.8 Å². The molecule has 0 amide bonds. The first kappa shape index (κ1) is 10.7. The monoisotopic (exact) mass is 215 g/mol. The summed E-state index contributed by atoms with van der Waals surface area (Å²) in [5.74, 6) is 5.56. The van der Waals surface area contributed by atoms with Crippen molar-refractivity contribution in [3.8, 4) is 0 Å². The largest absolute Gasteiger partial charge is 0.271 e. The molecular formula is C11H13N5. The molecule has 1 atom stereocenters. The second-order valence-corrected chi connectivity index (χ2v) is 3.48. The first-order valence-electron chi connectivity index (χ1n) is 4.95. The van der Waals surface area contributed by atoms with Gasteiger partial charge in [0.2, 0.25) is 0 Å². The molecule has 16 heavy (non-hydrogen) atoms. The number of nitrogens with one attached hydrogen (secondary N) is 1. The van der Waals surface area contributed by atoms with Crippen LogP contribution in [0.4, 0.5) is 0 Å². The highest BCUT2D eigenvalue weighted by atomic mass is 15.2. The van der Waals surface area contributed by atoms with Gasteiger partial charge in [-0.05, 0) is 18.6 Å². The Hall–Kier alpha value is -1.85. The van der Waals surface area contributed by atoms with Crippen molar-refractivity contribution in [2.75, 3.05) is 0 Å². The molecule has 0 aliphatic heterocycles. The molecule has 0 spiro atoms. The summed E-state index contributed by atoms with van der Waals surface area (Å²) < 4.78 is 0. The van der Waals surface area contributed by atoms with Crippen LogP contribution in [0, 0.1) is 6.92 Å². The highest BCUT2D eigenvalue weighted by Crippen LogP contribution is 2.20. The normalized spacial score (nSPS) is 12.4. The van der Waals surface area contributed by atoms with Crippen LogP contribution in [0.5, 0.6) is 0 Å². The Morgan fingerprint density at radius 2 is 2.06 bits per heavy atom. The third-order valence-corrected chi connectivity index (χ3v) is 2.40. The van der Waals surface area contributed by atoms with E-state index in [1.807, 2.05) is 19.1 Å². The van der Waals surface area contributed by atoms with E-state index >= 15 is 0 Å². The van der Waals surface area contributed by atoms with Crippen LogP contribution in [0.25, 0.3) is 0 Å². The van der Waals surface area contributed by atoms with E-state index in [1.165, 1.54) is 6.33 Å². The van der Waals surface area contributed by atoms with Gasteiger partial charge in [0, 0.05) is 24.2 Å². The van der Waals surface area contributed by atoms with Crippen molar-refractivity contribution in [3.63, 3.8) is 0 Å². The summed E-state index contributed by atoms with van der Waals surface area (Å²) in [4.78, 5) is 12.3. The third kappa shape index (κ3) is 2.05. The predicted octanol–water partition coefficient (Wildman–Crippen LogP) is 0.733. The SMILES string of the molecule is Cc1cccnc1C(NN)c1cncnc1. The van der Waals surface area contributed by atoms with Crippen LogP contribution in [0.3, 0.4) is 0 Å². The highest BCUT2D eigenvalue weighted by Gasteiger charge is 2.15. The quantitative estimate of drug-likeness (QED) is 0.583. The summed E-state index contributed by atoms with van der Waals surface area (Å²) in [5, 5.41) is 0. The van der Waals surface area contributed by atoms with Crippen LogP contribution >= 0.6 is 0 Å². The molecule has 2 heterocycles. The molecule has 0 saturated carbocycles. The van der Waals surface area contributed by atoms with Crippen LogP contribution in [0.2, 0.25) is 0 Å². The molecular weight excluding hydrogens is 202 g/mol. The fourth-order valence-corrected chi connectivity index (χ4v) is 1.59. The van der Waals surface area contributed by atoms with Crippen LogP contribution in [0.1, 0.15) is 22.9 Å². The Morgan fingerprint density at radius 1 is 1.31 bits per heavy atom. The van der Waals surface area contributed by atoms with E-state index in [0.29, 0.717) is 0 Å². The number of hydrogen-bond donors (Lipinski definition) is 2. The molecule has 0 aromatic carbocycles. The first-order chi connectivity index (χ1) is 7.83. The summed E-state index contributed by atoms with van der Waals surface area (Å²) in [7, 11) is 0. The number of aryl methyl sites for hydroxylation is 1. The van der Waals surface area contributed by atoms with Crippen molar-refractivity contribution in [2.24, 2.45) is 5.84 Å². The summed E-state index contributed by atoms with van der Waals surface area (Å²) >= 11 is 0. The van der Waals surface area contributed by atoms with Crippen molar-refractivity contribution in [3.05, 3.63) is 53.9 Å². The van der Waals surface area contributed by atoms with Crippen LogP contribution < -0.4 is 11.3 Å². The van der Waals surface area contributed by atoms with E-state index in [1.54, 1.807) is 18.6 Å². The lowest BCUT2D eigenvalue weighted by molar-refractivity contribution is 0.612. The molecule has 3 N–H and O–H groups in total. The van der Waals surface area contributed by atoms with Gasteiger partial charge in [0.25, 0.3) is 0 Å². The molecule has 2 rings (SSSR count). The van der Waals surface area contributed by atoms with Gasteiger partial charge >= 0.3 is 0 Å². The van der Waals surface area contributed by atoms with Crippen molar-refractivity contribution in [1.82, 2.24) is 20.4 Å². The van der Waals surface area contributed by atoms with Gasteiger partial charge in [-0.1, -0.05) is 6.07 Å². The maximum atomic E-state index is 5.56. The van der Waals surface area contributed by atoms with Gasteiger partial charge < -0.3 is 0 Å². The van der Waals surface area contributed by atoms with E-state index in [-0.39, 0.29) is 6.04 Å². The van der Waals surface area contributed by atoms with Crippen molar-refractivity contribution in [1.29, 1.82) is 0 Å². The molecule has 0 saturated heterocycles. The Bertz CT molecular complexity index is 457. The Kier molecular flexibility index (Phi) is 3.19. The van der Waals surface area contributed by atoms with Crippen LogP contribution in [-0.2, 0) is 0 Å². The summed E-state index contributed by atoms with van der Waals surface area (Å²) in [6.07, 6.45) is 6.69. The average Bonchev–Trinajstić information content (AvgIpc) is 2.34. The van der Waals surface area contributed by atoms with Gasteiger partial charge in [0.1, 0.15) is 6.33 Å². The summed E-state index contributed by atoms with van der Waals surface area (Å²) in [6.45, 7) is 2.00. The molecule has 2 aromatic heterocycles. The van der Waals surface area contributed by atoms with Gasteiger partial charge in [-0.25, -0.2) is 15.4 Å². The number of rotatable bonds is 3. The van der Waals surface area contributed by atoms with Gasteiger partial charge in [0.05, 0.1) is 11.7 Å². The molecule has 0 radical (unpaired) electrons. The van der Waals surface area contributed by atoms with Gasteiger partial charge in [0.15, 0.2) is 0 Å². The number of hydrogen-bond acceptors (Lipinski definition) is 5. The number of hydrazine groups is 1. The molecule has 5 nitrogen and oxygen atoms in total. The zero-order valence-electron chi connectivity index (χ0n) is 8.96. The van der Waals surface area contributed by atoms with E-state index in [2.05, 4.69) is 20.4 Å². The molecule has 82 valence electrons. The zero-order valence-corrected chi connectivity index (χ0v) is 8.96. The van der Waals surface area contributed by atoms with Crippen molar-refractivity contribution < 1.29 is 0 Å². The molecule has 2 aromatic rings. The minimum atomic E-state index is -0.178. The minimum Gasteiger partial charge on any atom is -0.271 e. The van der Waals surface area contributed by atoms with E-state index in [9.17, 15) is 0 Å². The lowest BCUT2D eigenvalue weighted by Crippen LogP contribution is -2.30. The topological polar surface area (TPSA) is 76.7 Å². The Labute approximate surface area is 93.7 Å². The molecule has 0 aliphatic carbocycles. The number of nitrogens with zero attached hydrogens (tertiary/aromatic N) is 3. The van der Waals surface area contributed by atoms with E-state index in [4.69, 9.17) is 5.84 Å². The highest BCUT2D eigenvalue weighted by molar-refractivity contribution is 5.29. The number of pyridine rings is 1. The van der Waals surface area contributed by atoms with Crippen LogP contribution in [0.15, 0.2) is 37.1 Å². The standard InChI is InChI=1S/C11H13N5/c1-8-3-2-4-15-10(8)11(16-12)9-5-13-7-14-6-9/h2-7,11,16H,12H2,1H3. The van der Waals surface area contributed by atoms with Gasteiger partial charge in [-0.15, -0.1) is 0 Å². The summed E-state index contributed by atoms with van der Waals surface area (Å²) in [5.41, 5.74) is 5.59. The Balaban J connectivity index is 2.41. The lowest BCUT2D eigenvalue weighted by Gasteiger charge is -2.16. The van der Waals surface area contributed by atoms with Crippen molar-refractivity contribution in [2.45, 2.75) is 13.0 Å². The molecule has 5 heteroatoms. The van der Waals surface area contributed by atoms with E-state index in [0.717, 1.165) is 16.8 Å². The molecule has 0 fully saturated rings. The molecule has 0 bridgehead atoms. The zero-order chi connectivity index (χ0) is 11.4. The second-order valence-electron chi connectivity index (χ2n) is 3.48. The fraction of sp³-hybridized carbons (Fsp3) is 0.182. The predicted molar refractivity (Wildman–Crippen MR) is 60.2 cm³/mol. The smallest absolute Gasteiger partial charge is 0.115 e. The van der Waals surface area contributed by atoms with Gasteiger partial charge in [-0.2, -0.15) is 0 Å². The minimum absolute atomic E-state index is 0.178. The number of aromatic nitrogens is 3. The van der Waals surface area contributed by atoms with Crippen molar-refractivity contribution >= 4 is 0 Å². The maximum absolute atomic E-state index is 5.56. The fourth-order valence-electron chi connectivity index (χ4n) is 1.59. The van der Waals surface area contributed by atoms with E-state index < -0.39 is 0 Å². The first-order valence-corrected chi connectivity index (χ1v) is 4.95. The maximum Gasteiger partial charge on any atom is 0.115 e.